The van der Waals surface area contributed by atoms with Gasteiger partial charge in [-0.15, -0.1) is 5.10 Å². The van der Waals surface area contributed by atoms with Crippen LogP contribution >= 0.6 is 11.3 Å². The molecular weight excluding hydrogens is 310 g/mol. The number of guanidine groups is 1. The van der Waals surface area contributed by atoms with Gasteiger partial charge in [-0.2, -0.15) is 16.4 Å². The molecule has 2 aromatic heterocycles. The van der Waals surface area contributed by atoms with Gasteiger partial charge in [0.05, 0.1) is 5.71 Å². The zero-order valence-electron chi connectivity index (χ0n) is 13.1. The lowest BCUT2D eigenvalue weighted by Crippen LogP contribution is -2.30. The molecular formula is C16H19N5OS. The summed E-state index contributed by atoms with van der Waals surface area (Å²) in [5, 5.41) is 12.3. The van der Waals surface area contributed by atoms with Crippen LogP contribution in [0.3, 0.4) is 0 Å². The molecule has 0 fully saturated rings. The van der Waals surface area contributed by atoms with Crippen molar-refractivity contribution in [2.75, 3.05) is 0 Å². The first-order valence-electron chi connectivity index (χ1n) is 7.34. The largest absolute Gasteiger partial charge is 0.369 e. The van der Waals surface area contributed by atoms with Crippen molar-refractivity contribution < 1.29 is 0 Å². The van der Waals surface area contributed by atoms with Gasteiger partial charge in [-0.1, -0.05) is 0 Å². The van der Waals surface area contributed by atoms with Gasteiger partial charge in [-0.25, -0.2) is 0 Å². The van der Waals surface area contributed by atoms with E-state index < -0.39 is 0 Å². The van der Waals surface area contributed by atoms with E-state index in [4.69, 9.17) is 11.5 Å². The summed E-state index contributed by atoms with van der Waals surface area (Å²) < 4.78 is 1.70. The molecule has 0 aromatic carbocycles. The highest BCUT2D eigenvalue weighted by Crippen LogP contribution is 2.34. The first-order valence-corrected chi connectivity index (χ1v) is 8.29. The van der Waals surface area contributed by atoms with Crippen LogP contribution in [-0.4, -0.2) is 16.2 Å². The summed E-state index contributed by atoms with van der Waals surface area (Å²) in [7, 11) is 1.80. The van der Waals surface area contributed by atoms with Gasteiger partial charge in [-0.05, 0) is 53.6 Å². The lowest BCUT2D eigenvalue weighted by molar-refractivity contribution is 0.636. The van der Waals surface area contributed by atoms with Gasteiger partial charge in [0.1, 0.15) is 0 Å². The lowest BCUT2D eigenvalue weighted by atomic mass is 9.80. The highest BCUT2D eigenvalue weighted by Gasteiger charge is 2.28. The number of fused-ring (bicyclic) bond motifs is 1. The van der Waals surface area contributed by atoms with Gasteiger partial charge in [0, 0.05) is 24.4 Å². The first kappa shape index (κ1) is 15.5. The zero-order chi connectivity index (χ0) is 16.6. The molecule has 0 saturated carbocycles. The minimum absolute atomic E-state index is 0.00610. The third kappa shape index (κ3) is 2.92. The molecule has 120 valence electrons. The fraction of sp³-hybridized carbons (Fsp3) is 0.312. The predicted molar refractivity (Wildman–Crippen MR) is 94.1 cm³/mol. The van der Waals surface area contributed by atoms with Crippen molar-refractivity contribution in [1.29, 1.82) is 0 Å². The minimum Gasteiger partial charge on any atom is -0.369 e. The van der Waals surface area contributed by atoms with Gasteiger partial charge in [0.15, 0.2) is 0 Å². The molecule has 23 heavy (non-hydrogen) atoms. The molecule has 7 heteroatoms. The van der Waals surface area contributed by atoms with Crippen LogP contribution in [0.1, 0.15) is 34.7 Å². The minimum atomic E-state index is -0.0702. The third-order valence-corrected chi connectivity index (χ3v) is 4.93. The number of aryl methyl sites for hydroxylation is 1. The maximum atomic E-state index is 12.1. The van der Waals surface area contributed by atoms with Crippen molar-refractivity contribution in [3.05, 3.63) is 55.6 Å². The molecule has 2 heterocycles. The van der Waals surface area contributed by atoms with Crippen LogP contribution in [0.4, 0.5) is 0 Å². The van der Waals surface area contributed by atoms with Crippen molar-refractivity contribution in [1.82, 2.24) is 4.57 Å². The van der Waals surface area contributed by atoms with Crippen molar-refractivity contribution in [2.24, 2.45) is 28.7 Å². The van der Waals surface area contributed by atoms with Crippen LogP contribution in [-0.2, 0) is 13.5 Å². The summed E-state index contributed by atoms with van der Waals surface area (Å²) in [6.45, 7) is 1.93. The van der Waals surface area contributed by atoms with E-state index in [0.717, 1.165) is 35.4 Å². The molecule has 1 aliphatic rings. The number of hydrogen-bond donors (Lipinski definition) is 2. The van der Waals surface area contributed by atoms with E-state index in [9.17, 15) is 4.79 Å². The van der Waals surface area contributed by atoms with Crippen molar-refractivity contribution in [3.8, 4) is 0 Å². The summed E-state index contributed by atoms with van der Waals surface area (Å²) in [6.07, 6.45) is 1.56. The number of hydrogen-bond acceptors (Lipinski definition) is 4. The summed E-state index contributed by atoms with van der Waals surface area (Å²) in [4.78, 5) is 12.1. The fourth-order valence-electron chi connectivity index (χ4n) is 3.11. The lowest BCUT2D eigenvalue weighted by Gasteiger charge is -2.28. The summed E-state index contributed by atoms with van der Waals surface area (Å²) in [6, 6.07) is 3.75. The molecule has 0 amide bonds. The van der Waals surface area contributed by atoms with E-state index in [-0.39, 0.29) is 17.4 Å². The summed E-state index contributed by atoms with van der Waals surface area (Å²) >= 11 is 1.67. The average molecular weight is 329 g/mol. The Bertz CT molecular complexity index is 844. The Morgan fingerprint density at radius 1 is 1.39 bits per heavy atom. The van der Waals surface area contributed by atoms with Crippen molar-refractivity contribution in [2.45, 2.75) is 25.7 Å². The highest BCUT2D eigenvalue weighted by molar-refractivity contribution is 7.08. The van der Waals surface area contributed by atoms with E-state index in [1.54, 1.807) is 29.0 Å². The van der Waals surface area contributed by atoms with Crippen LogP contribution in [0.25, 0.3) is 0 Å². The van der Waals surface area contributed by atoms with E-state index in [2.05, 4.69) is 27.0 Å². The molecule has 3 rings (SSSR count). The Morgan fingerprint density at radius 2 is 2.17 bits per heavy atom. The standard InChI is InChI=1S/C16H19N5OS/c1-9-5-14(22)21(2)13-7-11(10-3-4-23-8-10)6-12(15(9)13)19-20-16(17)18/h3-5,8,11H,6-7H2,1-2H3,(H4,17,18,20). The molecule has 1 atom stereocenters. The number of nitrogens with two attached hydrogens (primary N) is 2. The second kappa shape index (κ2) is 6.00. The topological polar surface area (TPSA) is 98.8 Å². The molecule has 0 spiro atoms. The number of pyridine rings is 1. The number of aromatic nitrogens is 1. The van der Waals surface area contributed by atoms with Crippen LogP contribution in [0, 0.1) is 6.92 Å². The van der Waals surface area contributed by atoms with Gasteiger partial charge in [-0.3, -0.25) is 4.79 Å². The molecule has 1 unspecified atom stereocenters. The first-order chi connectivity index (χ1) is 11.0. The third-order valence-electron chi connectivity index (χ3n) is 4.23. The Labute approximate surface area is 138 Å². The normalized spacial score (nSPS) is 18.7. The molecule has 2 aromatic rings. The maximum absolute atomic E-state index is 12.1. The smallest absolute Gasteiger partial charge is 0.250 e. The maximum Gasteiger partial charge on any atom is 0.250 e. The SMILES string of the molecule is Cc1cc(=O)n(C)c2c1C(=NN=C(N)N)CC(c1ccsc1)C2. The predicted octanol–water partition coefficient (Wildman–Crippen LogP) is 1.46. The Morgan fingerprint density at radius 3 is 2.83 bits per heavy atom. The van der Waals surface area contributed by atoms with Gasteiger partial charge in [0.25, 0.3) is 5.56 Å². The zero-order valence-corrected chi connectivity index (χ0v) is 13.9. The van der Waals surface area contributed by atoms with E-state index in [1.165, 1.54) is 5.56 Å². The van der Waals surface area contributed by atoms with Crippen LogP contribution in [0.15, 0.2) is 37.9 Å². The molecule has 1 aliphatic carbocycles. The summed E-state index contributed by atoms with van der Waals surface area (Å²) in [5.74, 6) is 0.202. The number of rotatable bonds is 2. The van der Waals surface area contributed by atoms with Crippen molar-refractivity contribution in [3.63, 3.8) is 0 Å². The Kier molecular flexibility index (Phi) is 4.04. The van der Waals surface area contributed by atoms with E-state index in [0.29, 0.717) is 0 Å². The van der Waals surface area contributed by atoms with Crippen LogP contribution in [0.5, 0.6) is 0 Å². The fourth-order valence-corrected chi connectivity index (χ4v) is 3.85. The van der Waals surface area contributed by atoms with Crippen LogP contribution < -0.4 is 17.0 Å². The van der Waals surface area contributed by atoms with Gasteiger partial charge >= 0.3 is 0 Å². The number of thiophene rings is 1. The molecule has 0 saturated heterocycles. The quantitative estimate of drug-likeness (QED) is 0.496. The monoisotopic (exact) mass is 329 g/mol. The second-order valence-electron chi connectivity index (χ2n) is 5.78. The Hall–Kier alpha value is -2.41. The molecule has 0 aliphatic heterocycles. The van der Waals surface area contributed by atoms with Gasteiger partial charge in [0.2, 0.25) is 5.96 Å². The van der Waals surface area contributed by atoms with E-state index >= 15 is 0 Å². The average Bonchev–Trinajstić information content (AvgIpc) is 3.04. The Balaban J connectivity index is 2.18. The molecule has 4 N–H and O–H groups in total. The molecule has 0 bridgehead atoms. The van der Waals surface area contributed by atoms with E-state index in [1.807, 2.05) is 6.92 Å². The second-order valence-corrected chi connectivity index (χ2v) is 6.56. The summed E-state index contributed by atoms with van der Waals surface area (Å²) in [5.41, 5.74) is 15.8. The van der Waals surface area contributed by atoms with Gasteiger partial charge < -0.3 is 16.0 Å². The highest BCUT2D eigenvalue weighted by atomic mass is 32.1. The number of nitrogens with zero attached hydrogens (tertiary/aromatic N) is 3. The van der Waals surface area contributed by atoms with Crippen molar-refractivity contribution >= 4 is 23.0 Å². The molecule has 6 nitrogen and oxygen atoms in total. The molecule has 0 radical (unpaired) electrons. The van der Waals surface area contributed by atoms with Crippen LogP contribution in [0.2, 0.25) is 0 Å².